The number of hydrogen-bond donors (Lipinski definition) is 1. The number of fused-ring (bicyclic) bond motifs is 3. The lowest BCUT2D eigenvalue weighted by Gasteiger charge is -2.34. The summed E-state index contributed by atoms with van der Waals surface area (Å²) in [7, 11) is 0. The second-order valence-corrected chi connectivity index (χ2v) is 7.34. The number of carbonyl (C=O) groups is 1. The number of carbonyl (C=O) groups excluding carboxylic acids is 1. The second kappa shape index (κ2) is 6.65. The number of halogens is 2. The molecule has 6 nitrogen and oxygen atoms in total. The van der Waals surface area contributed by atoms with Crippen LogP contribution in [0, 0.1) is 5.82 Å². The molecule has 2 aliphatic heterocycles. The number of amides is 1. The average molecular weight is 393 g/mol. The molecule has 1 unspecified atom stereocenters. The summed E-state index contributed by atoms with van der Waals surface area (Å²) >= 11 is 5.81. The predicted molar refractivity (Wildman–Crippen MR) is 96.6 cm³/mol. The Bertz CT molecular complexity index is 1000. The Kier molecular flexibility index (Phi) is 4.44. The van der Waals surface area contributed by atoms with Crippen molar-refractivity contribution < 1.29 is 19.0 Å². The van der Waals surface area contributed by atoms with Crippen LogP contribution in [-0.4, -0.2) is 33.6 Å². The van der Waals surface area contributed by atoms with Crippen LogP contribution in [0.5, 0.6) is 5.75 Å². The quantitative estimate of drug-likeness (QED) is 0.852. The van der Waals surface area contributed by atoms with Crippen LogP contribution in [0.4, 0.5) is 4.39 Å². The van der Waals surface area contributed by atoms with Gasteiger partial charge in [0.25, 0.3) is 5.91 Å². The summed E-state index contributed by atoms with van der Waals surface area (Å²) in [5, 5.41) is 10.4. The summed E-state index contributed by atoms with van der Waals surface area (Å²) < 4.78 is 20.6. The third kappa shape index (κ3) is 2.91. The lowest BCUT2D eigenvalue weighted by atomic mass is 9.95. The van der Waals surface area contributed by atoms with Gasteiger partial charge >= 0.3 is 0 Å². The molecule has 0 saturated carbocycles. The van der Waals surface area contributed by atoms with Crippen molar-refractivity contribution >= 4 is 17.5 Å². The predicted octanol–water partition coefficient (Wildman–Crippen LogP) is 2.64. The second-order valence-electron chi connectivity index (χ2n) is 6.93. The Morgan fingerprint density at radius 2 is 2.11 bits per heavy atom. The van der Waals surface area contributed by atoms with E-state index in [1.54, 1.807) is 10.6 Å². The van der Waals surface area contributed by atoms with E-state index in [9.17, 15) is 19.1 Å². The third-order valence-electron chi connectivity index (χ3n) is 5.13. The molecule has 0 aliphatic carbocycles. The molecule has 0 bridgehead atoms. The Morgan fingerprint density at radius 3 is 2.85 bits per heavy atom. The Morgan fingerprint density at radius 1 is 1.33 bits per heavy atom. The van der Waals surface area contributed by atoms with E-state index in [-0.39, 0.29) is 29.8 Å². The van der Waals surface area contributed by atoms with Gasteiger partial charge in [-0.3, -0.25) is 9.59 Å². The number of pyridine rings is 1. The maximum atomic E-state index is 13.3. The topological polar surface area (TPSA) is 71.8 Å². The molecule has 1 amide bonds. The van der Waals surface area contributed by atoms with E-state index in [1.165, 1.54) is 17.0 Å². The molecule has 0 saturated heterocycles. The lowest BCUT2D eigenvalue weighted by Crippen LogP contribution is -2.43. The van der Waals surface area contributed by atoms with Gasteiger partial charge in [0.05, 0.1) is 23.9 Å². The van der Waals surface area contributed by atoms with Crippen LogP contribution in [0.25, 0.3) is 0 Å². The number of rotatable bonds is 2. The molecule has 142 valence electrons. The van der Waals surface area contributed by atoms with Crippen molar-refractivity contribution in [2.75, 3.05) is 13.2 Å². The van der Waals surface area contributed by atoms with Gasteiger partial charge in [-0.05, 0) is 17.7 Å². The van der Waals surface area contributed by atoms with Crippen molar-refractivity contribution in [3.63, 3.8) is 0 Å². The highest BCUT2D eigenvalue weighted by molar-refractivity contribution is 6.30. The van der Waals surface area contributed by atoms with Crippen LogP contribution in [0.2, 0.25) is 5.02 Å². The molecule has 2 aliphatic rings. The monoisotopic (exact) mass is 392 g/mol. The van der Waals surface area contributed by atoms with Crippen molar-refractivity contribution in [2.45, 2.75) is 32.5 Å². The largest absolute Gasteiger partial charge is 0.503 e. The SMILES string of the molecule is CC1COCc2c1c(=O)c(O)c1n2CCN(Cc2ccc(F)c(Cl)c2)C1=O. The van der Waals surface area contributed by atoms with Gasteiger partial charge in [0.15, 0.2) is 11.4 Å². The fraction of sp³-hybridized carbons (Fsp3) is 0.368. The first-order chi connectivity index (χ1) is 12.9. The molecule has 0 radical (unpaired) electrons. The minimum absolute atomic E-state index is 0.0170. The van der Waals surface area contributed by atoms with Gasteiger partial charge in [0.2, 0.25) is 5.43 Å². The summed E-state index contributed by atoms with van der Waals surface area (Å²) in [6.45, 7) is 3.54. The number of benzene rings is 1. The molecule has 4 rings (SSSR count). The van der Waals surface area contributed by atoms with Crippen molar-refractivity contribution in [1.82, 2.24) is 9.47 Å². The molecular formula is C19H18ClFN2O4. The Balaban J connectivity index is 1.73. The molecule has 0 spiro atoms. The summed E-state index contributed by atoms with van der Waals surface area (Å²) in [5.41, 5.74) is 1.32. The number of nitrogens with zero attached hydrogens (tertiary/aromatic N) is 2. The van der Waals surface area contributed by atoms with Crippen molar-refractivity contribution in [3.8, 4) is 5.75 Å². The normalized spacial score (nSPS) is 19.0. The first kappa shape index (κ1) is 18.0. The summed E-state index contributed by atoms with van der Waals surface area (Å²) in [6, 6.07) is 4.27. The number of aromatic nitrogens is 1. The van der Waals surface area contributed by atoms with Gasteiger partial charge in [-0.1, -0.05) is 24.6 Å². The highest BCUT2D eigenvalue weighted by Gasteiger charge is 2.34. The zero-order chi connectivity index (χ0) is 19.3. The van der Waals surface area contributed by atoms with Crippen LogP contribution >= 0.6 is 11.6 Å². The van der Waals surface area contributed by atoms with Crippen LogP contribution in [0.15, 0.2) is 23.0 Å². The van der Waals surface area contributed by atoms with Gasteiger partial charge in [-0.15, -0.1) is 0 Å². The molecule has 1 aromatic heterocycles. The highest BCUT2D eigenvalue weighted by atomic mass is 35.5. The fourth-order valence-corrected chi connectivity index (χ4v) is 4.00. The summed E-state index contributed by atoms with van der Waals surface area (Å²) in [5.74, 6) is -1.63. The lowest BCUT2D eigenvalue weighted by molar-refractivity contribution is 0.0643. The number of ether oxygens (including phenoxy) is 1. The minimum Gasteiger partial charge on any atom is -0.503 e. The minimum atomic E-state index is -0.527. The van der Waals surface area contributed by atoms with Gasteiger partial charge in [0, 0.05) is 31.1 Å². The maximum Gasteiger partial charge on any atom is 0.274 e. The van der Waals surface area contributed by atoms with E-state index >= 15 is 0 Å². The van der Waals surface area contributed by atoms with Crippen LogP contribution in [-0.2, 0) is 24.4 Å². The summed E-state index contributed by atoms with van der Waals surface area (Å²) in [6.07, 6.45) is 0. The molecule has 27 heavy (non-hydrogen) atoms. The fourth-order valence-electron chi connectivity index (χ4n) is 3.80. The molecule has 1 N–H and O–H groups in total. The molecule has 0 fully saturated rings. The first-order valence-corrected chi connectivity index (χ1v) is 9.05. The number of aromatic hydroxyl groups is 1. The smallest absolute Gasteiger partial charge is 0.274 e. The first-order valence-electron chi connectivity index (χ1n) is 8.68. The van der Waals surface area contributed by atoms with E-state index in [1.807, 2.05) is 6.92 Å². The number of hydrogen-bond acceptors (Lipinski definition) is 4. The van der Waals surface area contributed by atoms with Gasteiger partial charge < -0.3 is 19.3 Å². The Labute approximate surface area is 159 Å². The molecular weight excluding hydrogens is 375 g/mol. The third-order valence-corrected chi connectivity index (χ3v) is 5.42. The standard InChI is InChI=1S/C19H18ClFN2O4/c1-10-8-27-9-14-15(10)17(24)18(25)16-19(26)22(4-5-23(14)16)7-11-2-3-13(21)12(20)6-11/h2-3,6,10,25H,4-5,7-9H2,1H3. The zero-order valence-electron chi connectivity index (χ0n) is 14.7. The highest BCUT2D eigenvalue weighted by Crippen LogP contribution is 2.31. The van der Waals surface area contributed by atoms with Crippen LogP contribution in [0.1, 0.15) is 40.2 Å². The molecule has 2 aromatic rings. The van der Waals surface area contributed by atoms with Gasteiger partial charge in [-0.25, -0.2) is 4.39 Å². The average Bonchev–Trinajstić information content (AvgIpc) is 2.64. The van der Waals surface area contributed by atoms with E-state index in [4.69, 9.17) is 16.3 Å². The zero-order valence-corrected chi connectivity index (χ0v) is 15.4. The van der Waals surface area contributed by atoms with E-state index in [0.29, 0.717) is 36.5 Å². The maximum absolute atomic E-state index is 13.3. The Hall–Kier alpha value is -2.38. The molecule has 8 heteroatoms. The van der Waals surface area contributed by atoms with Gasteiger partial charge in [-0.2, -0.15) is 0 Å². The molecule has 1 atom stereocenters. The van der Waals surface area contributed by atoms with Gasteiger partial charge in [0.1, 0.15) is 5.82 Å². The van der Waals surface area contributed by atoms with Crippen LogP contribution < -0.4 is 5.43 Å². The van der Waals surface area contributed by atoms with Crippen molar-refractivity contribution in [1.29, 1.82) is 0 Å². The van der Waals surface area contributed by atoms with Crippen LogP contribution in [0.3, 0.4) is 0 Å². The van der Waals surface area contributed by atoms with Crippen molar-refractivity contribution in [2.24, 2.45) is 0 Å². The van der Waals surface area contributed by atoms with E-state index in [2.05, 4.69) is 0 Å². The molecule has 3 heterocycles. The van der Waals surface area contributed by atoms with E-state index < -0.39 is 22.9 Å². The molecule has 1 aromatic carbocycles. The van der Waals surface area contributed by atoms with Crippen molar-refractivity contribution in [3.05, 3.63) is 61.8 Å². The van der Waals surface area contributed by atoms with E-state index in [0.717, 1.165) is 0 Å². The summed E-state index contributed by atoms with van der Waals surface area (Å²) in [4.78, 5) is 27.1.